The van der Waals surface area contributed by atoms with Crippen LogP contribution in [0.15, 0.2) is 24.3 Å². The second-order valence-electron chi connectivity index (χ2n) is 6.28. The summed E-state index contributed by atoms with van der Waals surface area (Å²) < 4.78 is 0. The van der Waals surface area contributed by atoms with Crippen molar-refractivity contribution in [3.8, 4) is 0 Å². The van der Waals surface area contributed by atoms with Crippen LogP contribution in [0.1, 0.15) is 38.7 Å². The van der Waals surface area contributed by atoms with Crippen LogP contribution in [-0.2, 0) is 11.2 Å². The van der Waals surface area contributed by atoms with Gasteiger partial charge in [0.25, 0.3) is 0 Å². The molecule has 1 fully saturated rings. The van der Waals surface area contributed by atoms with E-state index in [0.29, 0.717) is 6.54 Å². The molecule has 1 aromatic carbocycles. The third-order valence-corrected chi connectivity index (χ3v) is 4.49. The number of hydrogen-bond acceptors (Lipinski definition) is 3. The molecule has 1 aromatic rings. The normalized spacial score (nSPS) is 19.6. The van der Waals surface area contributed by atoms with E-state index in [1.54, 1.807) is 0 Å². The average Bonchev–Trinajstić information content (AvgIpc) is 2.50. The first kappa shape index (κ1) is 18.3. The van der Waals surface area contributed by atoms with Crippen molar-refractivity contribution in [3.63, 3.8) is 0 Å². The van der Waals surface area contributed by atoms with Gasteiger partial charge in [0.2, 0.25) is 0 Å². The molecule has 0 aromatic heterocycles. The molecule has 0 aliphatic heterocycles. The largest absolute Gasteiger partial charge is 0.480 e. The van der Waals surface area contributed by atoms with Crippen LogP contribution in [0.4, 0.5) is 10.5 Å². The number of carboxylic acids is 1. The highest BCUT2D eigenvalue weighted by molar-refractivity contribution is 5.90. The number of aliphatic carboxylic acids is 1. The molecule has 24 heavy (non-hydrogen) atoms. The van der Waals surface area contributed by atoms with Gasteiger partial charge in [-0.3, -0.25) is 9.69 Å². The molecule has 0 radical (unpaired) electrons. The zero-order valence-electron chi connectivity index (χ0n) is 14.4. The van der Waals surface area contributed by atoms with Gasteiger partial charge in [0, 0.05) is 17.8 Å². The van der Waals surface area contributed by atoms with Crippen LogP contribution in [0.5, 0.6) is 0 Å². The third kappa shape index (κ3) is 4.96. The summed E-state index contributed by atoms with van der Waals surface area (Å²) in [5.74, 6) is -0.807. The van der Waals surface area contributed by atoms with Crippen LogP contribution in [0.25, 0.3) is 0 Å². The highest BCUT2D eigenvalue weighted by Crippen LogP contribution is 2.26. The number of amides is 2. The van der Waals surface area contributed by atoms with Crippen LogP contribution < -0.4 is 10.6 Å². The van der Waals surface area contributed by atoms with E-state index >= 15 is 0 Å². The fourth-order valence-electron chi connectivity index (χ4n) is 3.15. The minimum absolute atomic E-state index is 0.0600. The summed E-state index contributed by atoms with van der Waals surface area (Å²) in [6, 6.07) is 8.00. The van der Waals surface area contributed by atoms with Crippen LogP contribution in [0.2, 0.25) is 0 Å². The molecule has 2 amide bonds. The lowest BCUT2D eigenvalue weighted by Crippen LogP contribution is -2.55. The third-order valence-electron chi connectivity index (χ3n) is 4.49. The molecule has 0 atom stereocenters. The first-order valence-corrected chi connectivity index (χ1v) is 8.64. The Morgan fingerprint density at radius 2 is 1.96 bits per heavy atom. The molecule has 2 rings (SSSR count). The van der Waals surface area contributed by atoms with Crippen molar-refractivity contribution in [2.75, 3.05) is 18.4 Å². The van der Waals surface area contributed by atoms with Gasteiger partial charge in [-0.05, 0) is 37.4 Å². The van der Waals surface area contributed by atoms with E-state index in [1.165, 1.54) is 0 Å². The van der Waals surface area contributed by atoms with Crippen molar-refractivity contribution in [3.05, 3.63) is 29.8 Å². The van der Waals surface area contributed by atoms with Crippen LogP contribution in [0.3, 0.4) is 0 Å². The van der Waals surface area contributed by atoms with E-state index in [1.807, 2.05) is 36.1 Å². The Morgan fingerprint density at radius 3 is 2.58 bits per heavy atom. The van der Waals surface area contributed by atoms with Gasteiger partial charge in [0.05, 0.1) is 6.54 Å². The Morgan fingerprint density at radius 1 is 1.25 bits per heavy atom. The predicted molar refractivity (Wildman–Crippen MR) is 94.3 cm³/mol. The van der Waals surface area contributed by atoms with Crippen molar-refractivity contribution >= 4 is 17.7 Å². The monoisotopic (exact) mass is 333 g/mol. The maximum atomic E-state index is 12.2. The summed E-state index contributed by atoms with van der Waals surface area (Å²) >= 11 is 0. The van der Waals surface area contributed by atoms with E-state index in [-0.39, 0.29) is 24.7 Å². The lowest BCUT2D eigenvalue weighted by molar-refractivity contribution is -0.139. The molecule has 0 saturated heterocycles. The number of urea groups is 1. The molecule has 6 nitrogen and oxygen atoms in total. The highest BCUT2D eigenvalue weighted by atomic mass is 16.4. The van der Waals surface area contributed by atoms with Crippen LogP contribution in [0, 0.1) is 0 Å². The number of carboxylic acid groups (broad SMARTS) is 1. The zero-order chi connectivity index (χ0) is 17.5. The maximum absolute atomic E-state index is 12.2. The van der Waals surface area contributed by atoms with E-state index in [9.17, 15) is 9.59 Å². The van der Waals surface area contributed by atoms with E-state index in [4.69, 9.17) is 5.11 Å². The number of likely N-dealkylation sites (N-methyl/N-ethyl adjacent to an activating group) is 1. The van der Waals surface area contributed by atoms with Gasteiger partial charge in [0.1, 0.15) is 0 Å². The molecular weight excluding hydrogens is 306 g/mol. The fourth-order valence-corrected chi connectivity index (χ4v) is 3.15. The average molecular weight is 333 g/mol. The predicted octanol–water partition coefficient (Wildman–Crippen LogP) is 2.70. The lowest BCUT2D eigenvalue weighted by atomic mass is 9.85. The van der Waals surface area contributed by atoms with Gasteiger partial charge in [-0.15, -0.1) is 0 Å². The number of nitrogens with zero attached hydrogens (tertiary/aromatic N) is 1. The Hall–Kier alpha value is -2.08. The lowest BCUT2D eigenvalue weighted by Gasteiger charge is -2.42. The molecule has 0 spiro atoms. The SMILES string of the molecule is CCCc1ccccc1NC(=O)NC1CC(N(CC)CC(=O)O)C1. The van der Waals surface area contributed by atoms with Gasteiger partial charge in [-0.1, -0.05) is 38.5 Å². The fraction of sp³-hybridized carbons (Fsp3) is 0.556. The first-order valence-electron chi connectivity index (χ1n) is 8.64. The van der Waals surface area contributed by atoms with Crippen molar-refractivity contribution in [2.24, 2.45) is 0 Å². The van der Waals surface area contributed by atoms with Gasteiger partial charge in [-0.25, -0.2) is 4.79 Å². The van der Waals surface area contributed by atoms with Crippen molar-refractivity contribution in [1.82, 2.24) is 10.2 Å². The molecule has 1 aliphatic carbocycles. The number of carbonyl (C=O) groups excluding carboxylic acids is 1. The number of anilines is 1. The molecule has 6 heteroatoms. The number of aryl methyl sites for hydroxylation is 1. The summed E-state index contributed by atoms with van der Waals surface area (Å²) in [5.41, 5.74) is 1.99. The van der Waals surface area contributed by atoms with Crippen LogP contribution >= 0.6 is 0 Å². The van der Waals surface area contributed by atoms with E-state index < -0.39 is 5.97 Å². The van der Waals surface area contributed by atoms with Gasteiger partial charge < -0.3 is 15.7 Å². The summed E-state index contributed by atoms with van der Waals surface area (Å²) in [7, 11) is 0. The molecule has 0 heterocycles. The molecule has 1 saturated carbocycles. The summed E-state index contributed by atoms with van der Waals surface area (Å²) in [6.07, 6.45) is 3.56. The Kier molecular flexibility index (Phi) is 6.61. The molecule has 3 N–H and O–H groups in total. The van der Waals surface area contributed by atoms with Gasteiger partial charge in [0.15, 0.2) is 0 Å². The second-order valence-corrected chi connectivity index (χ2v) is 6.28. The van der Waals surface area contributed by atoms with Crippen molar-refractivity contribution in [2.45, 2.75) is 51.6 Å². The van der Waals surface area contributed by atoms with Crippen molar-refractivity contribution in [1.29, 1.82) is 0 Å². The first-order chi connectivity index (χ1) is 11.5. The van der Waals surface area contributed by atoms with Gasteiger partial charge in [-0.2, -0.15) is 0 Å². The number of nitrogens with one attached hydrogen (secondary N) is 2. The topological polar surface area (TPSA) is 81.7 Å². The van der Waals surface area contributed by atoms with E-state index in [0.717, 1.165) is 36.9 Å². The summed E-state index contributed by atoms with van der Waals surface area (Å²) in [4.78, 5) is 24.9. The second kappa shape index (κ2) is 8.68. The Balaban J connectivity index is 1.80. The number of carbonyl (C=O) groups is 2. The quantitative estimate of drug-likeness (QED) is 0.683. The standard InChI is InChI=1S/C18H27N3O3/c1-3-7-13-8-5-6-9-16(13)20-18(24)19-14-10-15(11-14)21(4-2)12-17(22)23/h5-6,8-9,14-15H,3-4,7,10-12H2,1-2H3,(H,22,23)(H2,19,20,24). The smallest absolute Gasteiger partial charge is 0.319 e. The number of benzene rings is 1. The zero-order valence-corrected chi connectivity index (χ0v) is 14.4. The molecular formula is C18H27N3O3. The summed E-state index contributed by atoms with van der Waals surface area (Å²) in [5, 5.41) is 14.8. The number of para-hydroxylation sites is 1. The van der Waals surface area contributed by atoms with E-state index in [2.05, 4.69) is 17.6 Å². The minimum atomic E-state index is -0.807. The van der Waals surface area contributed by atoms with Crippen molar-refractivity contribution < 1.29 is 14.7 Å². The van der Waals surface area contributed by atoms with Crippen LogP contribution in [-0.4, -0.2) is 47.2 Å². The molecule has 0 unspecified atom stereocenters. The highest BCUT2D eigenvalue weighted by Gasteiger charge is 2.34. The molecule has 0 bridgehead atoms. The van der Waals surface area contributed by atoms with Gasteiger partial charge >= 0.3 is 12.0 Å². The molecule has 1 aliphatic rings. The summed E-state index contributed by atoms with van der Waals surface area (Å²) in [6.45, 7) is 4.84. The Bertz CT molecular complexity index is 570. The number of hydrogen-bond donors (Lipinski definition) is 3. The Labute approximate surface area is 143 Å². The number of rotatable bonds is 8. The molecule has 132 valence electrons. The minimum Gasteiger partial charge on any atom is -0.480 e. The maximum Gasteiger partial charge on any atom is 0.319 e.